The Balaban J connectivity index is 1.73. The molecule has 0 atom stereocenters. The van der Waals surface area contributed by atoms with Crippen LogP contribution in [0.3, 0.4) is 0 Å². The normalized spacial score (nSPS) is 11.0. The van der Waals surface area contributed by atoms with Gasteiger partial charge in [-0.1, -0.05) is 12.1 Å². The Kier molecular flexibility index (Phi) is 4.82. The van der Waals surface area contributed by atoms with Crippen molar-refractivity contribution >= 4 is 11.6 Å². The van der Waals surface area contributed by atoms with E-state index >= 15 is 0 Å². The predicted octanol–water partition coefficient (Wildman–Crippen LogP) is 3.80. The summed E-state index contributed by atoms with van der Waals surface area (Å²) in [6.45, 7) is -0.713. The fraction of sp³-hybridized carbons (Fsp3) is 0.0909. The molecule has 0 saturated carbocycles. The molecule has 0 saturated heterocycles. The summed E-state index contributed by atoms with van der Waals surface area (Å²) < 4.78 is 30.0. The van der Waals surface area contributed by atoms with Crippen molar-refractivity contribution in [1.82, 2.24) is 14.7 Å². The van der Waals surface area contributed by atoms with Crippen LogP contribution in [0.15, 0.2) is 60.9 Å². The molecule has 0 unspecified atom stereocenters. The monoisotopic (exact) mass is 393 g/mol. The maximum Gasteiger partial charge on any atom is 0.251 e. The first-order valence-corrected chi connectivity index (χ1v) is 8.91. The Morgan fingerprint density at radius 1 is 1.03 bits per heavy atom. The summed E-state index contributed by atoms with van der Waals surface area (Å²) in [5.74, 6) is -1.73. The summed E-state index contributed by atoms with van der Waals surface area (Å²) in [7, 11) is 1.57. The van der Waals surface area contributed by atoms with E-state index in [4.69, 9.17) is 0 Å². The van der Waals surface area contributed by atoms with Crippen molar-refractivity contribution < 1.29 is 18.7 Å². The van der Waals surface area contributed by atoms with E-state index in [1.54, 1.807) is 60.2 Å². The number of carbonyl (C=O) groups is 1. The second-order valence-corrected chi connectivity index (χ2v) is 6.51. The van der Waals surface area contributed by atoms with Crippen molar-refractivity contribution in [3.05, 3.63) is 83.7 Å². The van der Waals surface area contributed by atoms with Gasteiger partial charge in [0, 0.05) is 47.3 Å². The Morgan fingerprint density at radius 3 is 2.45 bits per heavy atom. The number of fused-ring (bicyclic) bond motifs is 1. The quantitative estimate of drug-likeness (QED) is 0.554. The van der Waals surface area contributed by atoms with Crippen molar-refractivity contribution in [2.75, 3.05) is 7.05 Å². The summed E-state index contributed by atoms with van der Waals surface area (Å²) in [6, 6.07) is 13.0. The summed E-state index contributed by atoms with van der Waals surface area (Å²) in [6.07, 6.45) is 3.49. The topological polar surface area (TPSA) is 66.6 Å². The maximum atomic E-state index is 14.6. The van der Waals surface area contributed by atoms with Gasteiger partial charge in [-0.15, -0.1) is 0 Å². The first-order valence-electron chi connectivity index (χ1n) is 8.91. The van der Waals surface area contributed by atoms with E-state index in [0.29, 0.717) is 22.5 Å². The summed E-state index contributed by atoms with van der Waals surface area (Å²) in [5, 5.41) is 11.8. The van der Waals surface area contributed by atoms with E-state index < -0.39 is 18.2 Å². The molecular weight excluding hydrogens is 376 g/mol. The molecule has 0 fully saturated rings. The lowest BCUT2D eigenvalue weighted by Gasteiger charge is -2.08. The van der Waals surface area contributed by atoms with E-state index in [0.717, 1.165) is 11.6 Å². The zero-order valence-electron chi connectivity index (χ0n) is 15.5. The highest BCUT2D eigenvalue weighted by Gasteiger charge is 2.15. The zero-order valence-corrected chi connectivity index (χ0v) is 15.5. The summed E-state index contributed by atoms with van der Waals surface area (Å²) >= 11 is 0. The molecule has 7 heteroatoms. The number of aromatic nitrogens is 2. The van der Waals surface area contributed by atoms with Gasteiger partial charge >= 0.3 is 0 Å². The number of carbonyl (C=O) groups excluding carboxylic acids is 1. The lowest BCUT2D eigenvalue weighted by Crippen LogP contribution is -2.17. The molecule has 1 amide bonds. The Labute approximate surface area is 165 Å². The molecule has 0 radical (unpaired) electrons. The largest absolute Gasteiger partial charge is 0.391 e. The predicted molar refractivity (Wildman–Crippen MR) is 105 cm³/mol. The molecule has 4 aromatic rings. The standard InChI is InChI=1S/C22H17F2N3O2/c1-25-22(29)14-4-2-13(3-5-14)19-11-27-10-15(6-9-20(27)26-19)16-7-8-18(23)17(12-28)21(16)24/h2-11,28H,12H2,1H3,(H,25,29). The average Bonchev–Trinajstić information content (AvgIpc) is 3.17. The summed E-state index contributed by atoms with van der Waals surface area (Å²) in [5.41, 5.74) is 3.11. The van der Waals surface area contributed by atoms with Gasteiger partial charge in [0.15, 0.2) is 0 Å². The number of aliphatic hydroxyl groups is 1. The second kappa shape index (κ2) is 7.44. The number of nitrogens with one attached hydrogen (secondary N) is 1. The minimum absolute atomic E-state index is 0.167. The van der Waals surface area contributed by atoms with Crippen LogP contribution in [-0.2, 0) is 6.61 Å². The lowest BCUT2D eigenvalue weighted by atomic mass is 10.0. The smallest absolute Gasteiger partial charge is 0.251 e. The number of pyridine rings is 1. The van der Waals surface area contributed by atoms with Gasteiger partial charge in [0.25, 0.3) is 5.91 Å². The second-order valence-electron chi connectivity index (χ2n) is 6.51. The number of hydrogen-bond acceptors (Lipinski definition) is 3. The third kappa shape index (κ3) is 3.36. The average molecular weight is 393 g/mol. The molecule has 2 heterocycles. The van der Waals surface area contributed by atoms with E-state index in [-0.39, 0.29) is 17.0 Å². The van der Waals surface area contributed by atoms with Crippen molar-refractivity contribution in [2.24, 2.45) is 0 Å². The van der Waals surface area contributed by atoms with Crippen LogP contribution in [0.4, 0.5) is 8.78 Å². The number of hydrogen-bond donors (Lipinski definition) is 2. The highest BCUT2D eigenvalue weighted by Crippen LogP contribution is 2.28. The van der Waals surface area contributed by atoms with E-state index in [9.17, 15) is 18.7 Å². The number of rotatable bonds is 4. The first-order chi connectivity index (χ1) is 14.0. The van der Waals surface area contributed by atoms with Gasteiger partial charge in [-0.25, -0.2) is 13.8 Å². The molecule has 0 aliphatic rings. The van der Waals surface area contributed by atoms with Crippen molar-refractivity contribution in [3.8, 4) is 22.4 Å². The molecular formula is C22H17F2N3O2. The van der Waals surface area contributed by atoms with Crippen LogP contribution in [0.2, 0.25) is 0 Å². The van der Waals surface area contributed by atoms with Crippen LogP contribution >= 0.6 is 0 Å². The molecule has 0 aliphatic heterocycles. The molecule has 5 nitrogen and oxygen atoms in total. The Morgan fingerprint density at radius 2 is 1.76 bits per heavy atom. The molecule has 146 valence electrons. The molecule has 0 aliphatic carbocycles. The van der Waals surface area contributed by atoms with Crippen molar-refractivity contribution in [1.29, 1.82) is 0 Å². The van der Waals surface area contributed by atoms with Crippen LogP contribution in [0, 0.1) is 11.6 Å². The van der Waals surface area contributed by atoms with Crippen molar-refractivity contribution in [3.63, 3.8) is 0 Å². The number of amides is 1. The van der Waals surface area contributed by atoms with E-state index in [1.807, 2.05) is 0 Å². The fourth-order valence-electron chi connectivity index (χ4n) is 3.19. The Bertz CT molecular complexity index is 1220. The molecule has 2 aromatic carbocycles. The fourth-order valence-corrected chi connectivity index (χ4v) is 3.19. The third-order valence-electron chi connectivity index (χ3n) is 4.78. The molecule has 2 aromatic heterocycles. The van der Waals surface area contributed by atoms with Crippen LogP contribution in [0.25, 0.3) is 28.0 Å². The van der Waals surface area contributed by atoms with Crippen LogP contribution < -0.4 is 5.32 Å². The van der Waals surface area contributed by atoms with E-state index in [2.05, 4.69) is 10.3 Å². The minimum Gasteiger partial charge on any atom is -0.391 e. The van der Waals surface area contributed by atoms with Crippen LogP contribution in [0.5, 0.6) is 0 Å². The lowest BCUT2D eigenvalue weighted by molar-refractivity contribution is 0.0963. The van der Waals surface area contributed by atoms with Crippen molar-refractivity contribution in [2.45, 2.75) is 6.61 Å². The molecule has 0 spiro atoms. The van der Waals surface area contributed by atoms with Gasteiger partial charge in [-0.05, 0) is 36.4 Å². The number of imidazole rings is 1. The number of aliphatic hydroxyl groups excluding tert-OH is 1. The highest BCUT2D eigenvalue weighted by molar-refractivity contribution is 5.94. The molecule has 2 N–H and O–H groups in total. The molecule has 4 rings (SSSR count). The number of halogens is 2. The number of nitrogens with zero attached hydrogens (tertiary/aromatic N) is 2. The SMILES string of the molecule is CNC(=O)c1ccc(-c2cn3cc(-c4ccc(F)c(CO)c4F)ccc3n2)cc1. The highest BCUT2D eigenvalue weighted by atomic mass is 19.1. The number of benzene rings is 2. The minimum atomic E-state index is -0.781. The zero-order chi connectivity index (χ0) is 20.5. The first kappa shape index (κ1) is 18.8. The maximum absolute atomic E-state index is 14.6. The van der Waals surface area contributed by atoms with Gasteiger partial charge in [0.2, 0.25) is 0 Å². The van der Waals surface area contributed by atoms with Gasteiger partial charge in [-0.3, -0.25) is 4.79 Å². The van der Waals surface area contributed by atoms with Crippen LogP contribution in [-0.4, -0.2) is 27.4 Å². The third-order valence-corrected chi connectivity index (χ3v) is 4.78. The van der Waals surface area contributed by atoms with Gasteiger partial charge in [0.1, 0.15) is 17.3 Å². The summed E-state index contributed by atoms with van der Waals surface area (Å²) in [4.78, 5) is 16.2. The van der Waals surface area contributed by atoms with Gasteiger partial charge < -0.3 is 14.8 Å². The van der Waals surface area contributed by atoms with E-state index in [1.165, 1.54) is 6.07 Å². The molecule has 0 bridgehead atoms. The van der Waals surface area contributed by atoms with Gasteiger partial charge in [-0.2, -0.15) is 0 Å². The van der Waals surface area contributed by atoms with Gasteiger partial charge in [0.05, 0.1) is 12.3 Å². The Hall–Kier alpha value is -3.58. The molecule has 29 heavy (non-hydrogen) atoms. The van der Waals surface area contributed by atoms with Crippen LogP contribution in [0.1, 0.15) is 15.9 Å².